The minimum Gasteiger partial charge on any atom is -0.657 e. The molecular weight excluding hydrogens is 684 g/mol. The van der Waals surface area contributed by atoms with Gasteiger partial charge in [-0.15, -0.1) is 22.1 Å². The number of nitrogens with zero attached hydrogens (tertiary/aromatic N) is 4. The van der Waals surface area contributed by atoms with E-state index in [1.807, 2.05) is 0 Å². The Bertz CT molecular complexity index is 1690. The molecule has 5 heterocycles. The van der Waals surface area contributed by atoms with E-state index in [1.165, 1.54) is 95.9 Å². The molecule has 4 aliphatic carbocycles. The van der Waals surface area contributed by atoms with Gasteiger partial charge in [0.2, 0.25) is 0 Å². The van der Waals surface area contributed by atoms with Crippen LogP contribution in [0, 0.1) is 0 Å². The molecule has 3 aromatic heterocycles. The predicted molar refractivity (Wildman–Crippen MR) is 163 cm³/mol. The van der Waals surface area contributed by atoms with Gasteiger partial charge in [0.05, 0.1) is 22.8 Å². The Labute approximate surface area is 256 Å². The Kier molecular flexibility index (Phi) is 6.48. The fourth-order valence-electron chi connectivity index (χ4n) is 8.41. The summed E-state index contributed by atoms with van der Waals surface area (Å²) in [5.74, 6) is 0. The molecule has 2 aliphatic heterocycles. The van der Waals surface area contributed by atoms with Crippen LogP contribution in [0.3, 0.4) is 0 Å². The monoisotopic (exact) mass is 719 g/mol. The van der Waals surface area contributed by atoms with Crippen LogP contribution in [-0.2, 0) is 46.7 Å². The van der Waals surface area contributed by atoms with E-state index in [1.54, 1.807) is 0 Å². The van der Waals surface area contributed by atoms with Crippen LogP contribution in [0.5, 0.6) is 0 Å². The molecule has 210 valence electrons. The van der Waals surface area contributed by atoms with Crippen LogP contribution < -0.4 is 9.97 Å². The minimum atomic E-state index is 0. The van der Waals surface area contributed by atoms with Crippen molar-refractivity contribution in [2.75, 3.05) is 0 Å². The van der Waals surface area contributed by atoms with Gasteiger partial charge in [0.1, 0.15) is 0 Å². The molecule has 4 nitrogen and oxygen atoms in total. The second-order valence-corrected chi connectivity index (χ2v) is 12.8. The second kappa shape index (κ2) is 10.2. The number of rotatable bonds is 0. The summed E-state index contributed by atoms with van der Waals surface area (Å²) in [6.07, 6.45) is 19.0. The normalized spacial score (nSPS) is 19.7. The largest absolute Gasteiger partial charge is 2.00 e. The Morgan fingerprint density at radius 2 is 0.659 bits per heavy atom. The third-order valence-electron chi connectivity index (χ3n) is 10.4. The minimum absolute atomic E-state index is 0. The van der Waals surface area contributed by atoms with E-state index in [-0.39, 0.29) is 21.1 Å². The number of fused-ring (bicyclic) bond motifs is 18. The van der Waals surface area contributed by atoms with E-state index in [0.29, 0.717) is 0 Å². The molecule has 8 bridgehead atoms. The standard InChI is InChI=1S/C36H36N4.Pt/c1-2-10-22-21(9-1)29-17-31-23-11-3-4-12-24(23)33(38-31)19-35-27-15-7-8-16-28(27)36(40-35)20-34-26-14-6-5-13-25(26)32(39-34)18-30(22)37-29;/h17-20H,1-16H2;/q-2;+2. The van der Waals surface area contributed by atoms with Crippen molar-refractivity contribution in [1.82, 2.24) is 19.9 Å². The van der Waals surface area contributed by atoms with Crippen molar-refractivity contribution in [2.24, 2.45) is 0 Å². The van der Waals surface area contributed by atoms with E-state index in [9.17, 15) is 0 Å². The topological polar surface area (TPSA) is 54.0 Å². The Hall–Kier alpha value is -2.71. The van der Waals surface area contributed by atoms with Gasteiger partial charge < -0.3 is 9.97 Å². The van der Waals surface area contributed by atoms with Gasteiger partial charge in [-0.1, -0.05) is 40.5 Å². The first-order valence-electron chi connectivity index (χ1n) is 15.9. The molecule has 6 aliphatic rings. The van der Waals surface area contributed by atoms with Crippen molar-refractivity contribution in [1.29, 1.82) is 0 Å². The molecule has 0 saturated heterocycles. The first kappa shape index (κ1) is 26.0. The number of hydrogen-bond donors (Lipinski definition) is 0. The maximum absolute atomic E-state index is 5.34. The Morgan fingerprint density at radius 1 is 0.366 bits per heavy atom. The van der Waals surface area contributed by atoms with Gasteiger partial charge in [-0.25, -0.2) is 9.97 Å². The van der Waals surface area contributed by atoms with Gasteiger partial charge in [-0.05, 0) is 131 Å². The molecule has 0 atom stereocenters. The average molecular weight is 720 g/mol. The molecule has 5 heteroatoms. The average Bonchev–Trinajstić information content (AvgIpc) is 3.73. The van der Waals surface area contributed by atoms with Gasteiger partial charge in [-0.3, -0.25) is 0 Å². The van der Waals surface area contributed by atoms with Crippen LogP contribution >= 0.6 is 0 Å². The van der Waals surface area contributed by atoms with Crippen LogP contribution in [0.1, 0.15) is 122 Å². The van der Waals surface area contributed by atoms with Gasteiger partial charge >= 0.3 is 21.1 Å². The van der Waals surface area contributed by atoms with E-state index >= 15 is 0 Å². The van der Waals surface area contributed by atoms with Gasteiger partial charge in [-0.2, -0.15) is 0 Å². The first-order chi connectivity index (χ1) is 19.8. The van der Waals surface area contributed by atoms with Crippen molar-refractivity contribution >= 4 is 44.4 Å². The van der Waals surface area contributed by atoms with E-state index in [0.717, 1.165) is 96.2 Å². The molecule has 3 aromatic rings. The van der Waals surface area contributed by atoms with Crippen molar-refractivity contribution in [3.63, 3.8) is 0 Å². The zero-order chi connectivity index (χ0) is 26.2. The summed E-state index contributed by atoms with van der Waals surface area (Å²) in [5, 5.41) is 0. The summed E-state index contributed by atoms with van der Waals surface area (Å²) in [5.41, 5.74) is 20.9. The molecule has 9 rings (SSSR count). The summed E-state index contributed by atoms with van der Waals surface area (Å²) in [4.78, 5) is 21.3. The van der Waals surface area contributed by atoms with Crippen molar-refractivity contribution < 1.29 is 21.1 Å². The number of hydrogen-bond acceptors (Lipinski definition) is 2. The Balaban J connectivity index is 0.00000256. The number of allylic oxidation sites excluding steroid dienone is 4. The zero-order valence-corrected chi connectivity index (χ0v) is 26.0. The summed E-state index contributed by atoms with van der Waals surface area (Å²) in [6, 6.07) is 9.34. The van der Waals surface area contributed by atoms with Gasteiger partial charge in [0.15, 0.2) is 0 Å². The fourth-order valence-corrected chi connectivity index (χ4v) is 8.41. The molecular formula is C36H36N4Pt. The molecule has 0 radical (unpaired) electrons. The predicted octanol–water partition coefficient (Wildman–Crippen LogP) is 8.30. The molecule has 0 N–H and O–H groups in total. The molecule has 0 amide bonds. The van der Waals surface area contributed by atoms with Gasteiger partial charge in [0, 0.05) is 0 Å². The Morgan fingerprint density at radius 3 is 1.02 bits per heavy atom. The van der Waals surface area contributed by atoms with E-state index in [4.69, 9.17) is 19.9 Å². The van der Waals surface area contributed by atoms with Crippen LogP contribution in [0.2, 0.25) is 0 Å². The summed E-state index contributed by atoms with van der Waals surface area (Å²) >= 11 is 0. The van der Waals surface area contributed by atoms with Crippen LogP contribution in [0.25, 0.3) is 44.4 Å². The number of aryl methyl sites for hydroxylation is 4. The smallest absolute Gasteiger partial charge is 0.657 e. The third-order valence-corrected chi connectivity index (χ3v) is 10.4. The van der Waals surface area contributed by atoms with Crippen molar-refractivity contribution in [2.45, 2.75) is 103 Å². The van der Waals surface area contributed by atoms with E-state index < -0.39 is 0 Å². The second-order valence-electron chi connectivity index (χ2n) is 12.8. The fraction of sp³-hybridized carbons (Fsp3) is 0.444. The third kappa shape index (κ3) is 4.19. The molecule has 41 heavy (non-hydrogen) atoms. The first-order valence-corrected chi connectivity index (χ1v) is 15.9. The molecule has 0 fully saturated rings. The summed E-state index contributed by atoms with van der Waals surface area (Å²) in [7, 11) is 0. The van der Waals surface area contributed by atoms with Crippen LogP contribution in [0.4, 0.5) is 0 Å². The molecule has 0 aromatic carbocycles. The molecule has 0 unspecified atom stereocenters. The maximum Gasteiger partial charge on any atom is 2.00 e. The molecule has 0 spiro atoms. The summed E-state index contributed by atoms with van der Waals surface area (Å²) < 4.78 is 0. The van der Waals surface area contributed by atoms with Crippen LogP contribution in [0.15, 0.2) is 24.3 Å². The van der Waals surface area contributed by atoms with E-state index in [2.05, 4.69) is 24.3 Å². The summed E-state index contributed by atoms with van der Waals surface area (Å²) in [6.45, 7) is 0. The maximum atomic E-state index is 5.34. The molecule has 0 saturated carbocycles. The SMILES string of the molecule is [Pt+2].c1c2nc(cc3[n-]c(cc4[n-]c(cc5nc1C1=C5CCCC1)c1c4CCCC1)c1c3CCCC1)C1=C2CCCC1. The van der Waals surface area contributed by atoms with Crippen molar-refractivity contribution in [3.8, 4) is 0 Å². The zero-order valence-electron chi connectivity index (χ0n) is 23.7. The van der Waals surface area contributed by atoms with Gasteiger partial charge in [0.25, 0.3) is 0 Å². The quantitative estimate of drug-likeness (QED) is 0.235. The van der Waals surface area contributed by atoms with Crippen LogP contribution in [-0.4, -0.2) is 9.97 Å². The van der Waals surface area contributed by atoms with Crippen molar-refractivity contribution in [3.05, 3.63) is 69.3 Å². The number of aromatic nitrogens is 4.